The number of carbonyl (C=O) groups is 2. The van der Waals surface area contributed by atoms with Gasteiger partial charge in [0.15, 0.2) is 0 Å². The average molecular weight is 450 g/mol. The normalized spacial score (nSPS) is 13.8. The number of rotatable bonds is 5. The highest BCUT2D eigenvalue weighted by Gasteiger charge is 2.26. The second-order valence-electron chi connectivity index (χ2n) is 7.95. The van der Waals surface area contributed by atoms with Gasteiger partial charge in [-0.15, -0.1) is 11.3 Å². The van der Waals surface area contributed by atoms with E-state index in [-0.39, 0.29) is 11.8 Å². The maximum Gasteiger partial charge on any atom is 0.253 e. The van der Waals surface area contributed by atoms with Crippen LogP contribution in [0, 0.1) is 13.8 Å². The summed E-state index contributed by atoms with van der Waals surface area (Å²) in [7, 11) is 1.60. The molecular weight excluding hydrogens is 422 g/mol. The minimum absolute atomic E-state index is 0.0144. The van der Waals surface area contributed by atoms with Gasteiger partial charge in [0.2, 0.25) is 5.91 Å². The Hall–Kier alpha value is -3.19. The number of amides is 2. The number of aryl methyl sites for hydroxylation is 2. The first-order chi connectivity index (χ1) is 15.4. The fourth-order valence-corrected chi connectivity index (χ4v) is 4.80. The summed E-state index contributed by atoms with van der Waals surface area (Å²) in [6.45, 7) is 6.17. The van der Waals surface area contributed by atoms with Gasteiger partial charge in [0, 0.05) is 42.2 Å². The summed E-state index contributed by atoms with van der Waals surface area (Å²) in [5, 5.41) is 0.957. The predicted molar refractivity (Wildman–Crippen MR) is 126 cm³/mol. The summed E-state index contributed by atoms with van der Waals surface area (Å²) in [5.74, 6) is 0.790. The number of nitrogens with zero attached hydrogens (tertiary/aromatic N) is 3. The molecule has 7 heteroatoms. The zero-order chi connectivity index (χ0) is 22.7. The quantitative estimate of drug-likeness (QED) is 0.592. The number of thiazole rings is 1. The highest BCUT2D eigenvalue weighted by atomic mass is 32.1. The van der Waals surface area contributed by atoms with E-state index in [0.717, 1.165) is 26.9 Å². The van der Waals surface area contributed by atoms with E-state index in [2.05, 4.69) is 36.2 Å². The van der Waals surface area contributed by atoms with Crippen LogP contribution in [0.15, 0.2) is 48.5 Å². The van der Waals surface area contributed by atoms with Gasteiger partial charge in [-0.25, -0.2) is 4.98 Å². The van der Waals surface area contributed by atoms with E-state index in [4.69, 9.17) is 4.74 Å². The van der Waals surface area contributed by atoms with Crippen molar-refractivity contribution in [2.24, 2.45) is 0 Å². The SMILES string of the molecule is COc1ccc(C(=O)N2CCN(C(=O)Cc3sc(C)nc3-c3ccc(C)cc3)CC2)cc1. The first-order valence-electron chi connectivity index (χ1n) is 10.7. The number of piperazine rings is 1. The Morgan fingerprint density at radius 1 is 0.938 bits per heavy atom. The molecule has 0 N–H and O–H groups in total. The predicted octanol–water partition coefficient (Wildman–Crippen LogP) is 3.96. The zero-order valence-electron chi connectivity index (χ0n) is 18.6. The van der Waals surface area contributed by atoms with Crippen molar-refractivity contribution in [3.05, 3.63) is 69.5 Å². The summed E-state index contributed by atoms with van der Waals surface area (Å²) in [6.07, 6.45) is 0.334. The van der Waals surface area contributed by atoms with Gasteiger partial charge in [-0.3, -0.25) is 9.59 Å². The van der Waals surface area contributed by atoms with Crippen LogP contribution in [-0.2, 0) is 11.2 Å². The van der Waals surface area contributed by atoms with Crippen LogP contribution in [0.5, 0.6) is 5.75 Å². The summed E-state index contributed by atoms with van der Waals surface area (Å²) < 4.78 is 5.15. The van der Waals surface area contributed by atoms with Crippen LogP contribution in [-0.4, -0.2) is 59.9 Å². The minimum Gasteiger partial charge on any atom is -0.497 e. The van der Waals surface area contributed by atoms with Crippen LogP contribution >= 0.6 is 11.3 Å². The summed E-state index contributed by atoms with van der Waals surface area (Å²) in [4.78, 5) is 35.1. The molecule has 3 aromatic rings. The van der Waals surface area contributed by atoms with Crippen LogP contribution in [0.3, 0.4) is 0 Å². The molecule has 0 bridgehead atoms. The molecule has 166 valence electrons. The molecule has 4 rings (SSSR count). The molecule has 0 spiro atoms. The average Bonchev–Trinajstić information content (AvgIpc) is 3.19. The van der Waals surface area contributed by atoms with Crippen molar-refractivity contribution < 1.29 is 14.3 Å². The fraction of sp³-hybridized carbons (Fsp3) is 0.320. The molecule has 0 atom stereocenters. The van der Waals surface area contributed by atoms with E-state index >= 15 is 0 Å². The first-order valence-corrected chi connectivity index (χ1v) is 11.5. The number of ether oxygens (including phenoxy) is 1. The molecule has 32 heavy (non-hydrogen) atoms. The van der Waals surface area contributed by atoms with Crippen LogP contribution in [0.1, 0.15) is 25.8 Å². The lowest BCUT2D eigenvalue weighted by molar-refractivity contribution is -0.131. The molecule has 1 aliphatic heterocycles. The highest BCUT2D eigenvalue weighted by molar-refractivity contribution is 7.12. The number of hydrogen-bond acceptors (Lipinski definition) is 5. The second-order valence-corrected chi connectivity index (χ2v) is 9.24. The molecule has 6 nitrogen and oxygen atoms in total. The van der Waals surface area contributed by atoms with Gasteiger partial charge in [0.05, 0.1) is 24.2 Å². The Balaban J connectivity index is 1.38. The Labute approximate surface area is 192 Å². The Morgan fingerprint density at radius 2 is 1.56 bits per heavy atom. The third-order valence-corrected chi connectivity index (χ3v) is 6.67. The molecule has 2 amide bonds. The van der Waals surface area contributed by atoms with Crippen molar-refractivity contribution in [1.82, 2.24) is 14.8 Å². The number of benzene rings is 2. The van der Waals surface area contributed by atoms with E-state index in [0.29, 0.717) is 38.2 Å². The second kappa shape index (κ2) is 9.53. The van der Waals surface area contributed by atoms with Gasteiger partial charge in [-0.1, -0.05) is 29.8 Å². The highest BCUT2D eigenvalue weighted by Crippen LogP contribution is 2.29. The van der Waals surface area contributed by atoms with E-state index in [1.165, 1.54) is 5.56 Å². The molecule has 1 saturated heterocycles. The largest absolute Gasteiger partial charge is 0.497 e. The number of aromatic nitrogens is 1. The Bertz CT molecular complexity index is 1100. The molecule has 1 aliphatic rings. The molecule has 0 aliphatic carbocycles. The van der Waals surface area contributed by atoms with Crippen LogP contribution in [0.25, 0.3) is 11.3 Å². The topological polar surface area (TPSA) is 62.7 Å². The monoisotopic (exact) mass is 449 g/mol. The van der Waals surface area contributed by atoms with Crippen molar-refractivity contribution in [3.8, 4) is 17.0 Å². The number of methoxy groups -OCH3 is 1. The summed E-state index contributed by atoms with van der Waals surface area (Å²) in [6, 6.07) is 15.4. The Morgan fingerprint density at radius 3 is 2.19 bits per heavy atom. The molecule has 2 aromatic carbocycles. The third kappa shape index (κ3) is 4.83. The van der Waals surface area contributed by atoms with Crippen molar-refractivity contribution in [3.63, 3.8) is 0 Å². The summed E-state index contributed by atoms with van der Waals surface area (Å²) >= 11 is 1.58. The molecule has 0 saturated carbocycles. The van der Waals surface area contributed by atoms with Gasteiger partial charge < -0.3 is 14.5 Å². The standard InChI is InChI=1S/C25H27N3O3S/c1-17-4-6-19(7-5-17)24-22(32-18(2)26-24)16-23(29)27-12-14-28(15-13-27)25(30)20-8-10-21(31-3)11-9-20/h4-11H,12-16H2,1-3H3. The zero-order valence-corrected chi connectivity index (χ0v) is 19.4. The van der Waals surface area contributed by atoms with Crippen molar-refractivity contribution >= 4 is 23.2 Å². The van der Waals surface area contributed by atoms with Crippen LogP contribution in [0.4, 0.5) is 0 Å². The van der Waals surface area contributed by atoms with Crippen LogP contribution < -0.4 is 4.74 Å². The van der Waals surface area contributed by atoms with Crippen molar-refractivity contribution in [1.29, 1.82) is 0 Å². The van der Waals surface area contributed by atoms with E-state index in [1.54, 1.807) is 47.6 Å². The smallest absolute Gasteiger partial charge is 0.253 e. The minimum atomic E-state index is -0.0144. The Kier molecular flexibility index (Phi) is 6.55. The maximum atomic E-state index is 13.0. The molecule has 1 fully saturated rings. The van der Waals surface area contributed by atoms with Gasteiger partial charge in [0.25, 0.3) is 5.91 Å². The van der Waals surface area contributed by atoms with E-state index in [9.17, 15) is 9.59 Å². The lowest BCUT2D eigenvalue weighted by Gasteiger charge is -2.35. The van der Waals surface area contributed by atoms with Crippen LogP contribution in [0.2, 0.25) is 0 Å². The van der Waals surface area contributed by atoms with Crippen molar-refractivity contribution in [2.45, 2.75) is 20.3 Å². The van der Waals surface area contributed by atoms with Gasteiger partial charge in [-0.05, 0) is 38.1 Å². The fourth-order valence-electron chi connectivity index (χ4n) is 3.85. The molecule has 2 heterocycles. The molecule has 0 unspecified atom stereocenters. The van der Waals surface area contributed by atoms with E-state index < -0.39 is 0 Å². The molecule has 0 radical (unpaired) electrons. The lowest BCUT2D eigenvalue weighted by atomic mass is 10.1. The summed E-state index contributed by atoms with van der Waals surface area (Å²) in [5.41, 5.74) is 3.76. The van der Waals surface area contributed by atoms with Gasteiger partial charge in [0.1, 0.15) is 5.75 Å². The molecular formula is C25H27N3O3S. The number of carbonyl (C=O) groups excluding carboxylic acids is 2. The third-order valence-electron chi connectivity index (χ3n) is 5.70. The van der Waals surface area contributed by atoms with Crippen molar-refractivity contribution in [2.75, 3.05) is 33.3 Å². The maximum absolute atomic E-state index is 13.0. The first kappa shape index (κ1) is 22.0. The van der Waals surface area contributed by atoms with E-state index in [1.807, 2.05) is 11.8 Å². The lowest BCUT2D eigenvalue weighted by Crippen LogP contribution is -2.51. The number of hydrogen-bond donors (Lipinski definition) is 0. The molecule has 1 aromatic heterocycles. The van der Waals surface area contributed by atoms with Gasteiger partial charge in [-0.2, -0.15) is 0 Å². The van der Waals surface area contributed by atoms with Gasteiger partial charge >= 0.3 is 0 Å².